The number of hydrogen-bond acceptors (Lipinski definition) is 5. The van der Waals surface area contributed by atoms with Crippen molar-refractivity contribution in [1.29, 1.82) is 0 Å². The molecule has 0 bridgehead atoms. The van der Waals surface area contributed by atoms with Gasteiger partial charge >= 0.3 is 0 Å². The highest BCUT2D eigenvalue weighted by atomic mass is 16.3. The number of aliphatic hydroxyl groups is 1. The van der Waals surface area contributed by atoms with E-state index in [1.807, 2.05) is 10.7 Å². The second-order valence-corrected chi connectivity index (χ2v) is 6.46. The summed E-state index contributed by atoms with van der Waals surface area (Å²) in [7, 11) is 0. The highest BCUT2D eigenvalue weighted by Gasteiger charge is 2.24. The molecule has 1 aliphatic carbocycles. The number of tetrazole rings is 1. The second-order valence-electron chi connectivity index (χ2n) is 6.46. The van der Waals surface area contributed by atoms with Crippen LogP contribution >= 0.6 is 0 Å². The molecule has 3 rings (SSSR count). The molecule has 124 valence electrons. The monoisotopic (exact) mass is 315 g/mol. The van der Waals surface area contributed by atoms with Crippen molar-refractivity contribution < 1.29 is 5.11 Å². The van der Waals surface area contributed by atoms with Crippen LogP contribution in [0.3, 0.4) is 0 Å². The van der Waals surface area contributed by atoms with Crippen molar-refractivity contribution >= 4 is 0 Å². The zero-order valence-corrected chi connectivity index (χ0v) is 13.9. The quantitative estimate of drug-likeness (QED) is 0.881. The van der Waals surface area contributed by atoms with Gasteiger partial charge in [-0.25, -0.2) is 0 Å². The minimum absolute atomic E-state index is 0.250. The molecule has 1 aromatic heterocycles. The van der Waals surface area contributed by atoms with Gasteiger partial charge in [-0.15, -0.1) is 5.10 Å². The highest BCUT2D eigenvalue weighted by molar-refractivity contribution is 5.46. The van der Waals surface area contributed by atoms with Gasteiger partial charge in [0.05, 0.1) is 12.2 Å². The molecule has 23 heavy (non-hydrogen) atoms. The van der Waals surface area contributed by atoms with E-state index in [0.717, 1.165) is 35.5 Å². The van der Waals surface area contributed by atoms with E-state index in [9.17, 15) is 5.11 Å². The summed E-state index contributed by atoms with van der Waals surface area (Å²) in [6.45, 7) is 5.01. The van der Waals surface area contributed by atoms with Gasteiger partial charge in [-0.2, -0.15) is 4.68 Å². The summed E-state index contributed by atoms with van der Waals surface area (Å²) in [5, 5.41) is 25.3. The number of aryl methyl sites for hydroxylation is 2. The molecule has 1 saturated carbocycles. The minimum atomic E-state index is 0.250. The number of nitrogens with zero attached hydrogens (tertiary/aromatic N) is 4. The number of hydrogen-bond donors (Lipinski definition) is 2. The van der Waals surface area contributed by atoms with E-state index < -0.39 is 0 Å². The maximum atomic E-state index is 9.54. The van der Waals surface area contributed by atoms with Gasteiger partial charge < -0.3 is 10.4 Å². The van der Waals surface area contributed by atoms with Gasteiger partial charge in [-0.05, 0) is 54.2 Å². The molecule has 0 aliphatic heterocycles. The Morgan fingerprint density at radius 2 is 1.96 bits per heavy atom. The minimum Gasteiger partial charge on any atom is -0.396 e. The Morgan fingerprint density at radius 1 is 1.22 bits per heavy atom. The number of aliphatic hydroxyl groups excluding tert-OH is 1. The van der Waals surface area contributed by atoms with E-state index in [-0.39, 0.29) is 6.61 Å². The van der Waals surface area contributed by atoms with Crippen LogP contribution in [0.5, 0.6) is 0 Å². The van der Waals surface area contributed by atoms with Crippen LogP contribution in [0.2, 0.25) is 0 Å². The number of benzene rings is 1. The van der Waals surface area contributed by atoms with Gasteiger partial charge in [0, 0.05) is 12.6 Å². The highest BCUT2D eigenvalue weighted by Crippen LogP contribution is 2.24. The molecule has 1 fully saturated rings. The molecule has 2 atom stereocenters. The predicted octanol–water partition coefficient (Wildman–Crippen LogP) is 1.92. The first-order valence-corrected chi connectivity index (χ1v) is 8.38. The van der Waals surface area contributed by atoms with Crippen molar-refractivity contribution in [2.75, 3.05) is 6.61 Å². The summed E-state index contributed by atoms with van der Waals surface area (Å²) in [4.78, 5) is 0. The molecule has 1 heterocycles. The van der Waals surface area contributed by atoms with Crippen molar-refractivity contribution in [3.63, 3.8) is 0 Å². The first-order valence-electron chi connectivity index (χ1n) is 8.38. The maximum Gasteiger partial charge on any atom is 0.170 e. The van der Waals surface area contributed by atoms with Crippen molar-refractivity contribution in [3.05, 3.63) is 35.2 Å². The molecular weight excluding hydrogens is 290 g/mol. The van der Waals surface area contributed by atoms with E-state index in [1.165, 1.54) is 12.8 Å². The van der Waals surface area contributed by atoms with E-state index in [0.29, 0.717) is 18.5 Å². The lowest BCUT2D eigenvalue weighted by molar-refractivity contribution is 0.152. The lowest BCUT2D eigenvalue weighted by atomic mass is 9.85. The van der Waals surface area contributed by atoms with Gasteiger partial charge in [0.1, 0.15) is 0 Å². The molecule has 0 amide bonds. The van der Waals surface area contributed by atoms with Crippen LogP contribution in [0.1, 0.15) is 42.6 Å². The largest absolute Gasteiger partial charge is 0.396 e. The zero-order valence-electron chi connectivity index (χ0n) is 13.9. The first-order chi connectivity index (χ1) is 11.2. The molecule has 0 saturated heterocycles. The normalized spacial score (nSPS) is 21.5. The van der Waals surface area contributed by atoms with Crippen molar-refractivity contribution in [1.82, 2.24) is 25.5 Å². The molecule has 2 N–H and O–H groups in total. The van der Waals surface area contributed by atoms with E-state index in [1.54, 1.807) is 0 Å². The zero-order chi connectivity index (χ0) is 16.2. The molecule has 2 unspecified atom stereocenters. The fourth-order valence-electron chi connectivity index (χ4n) is 3.55. The number of para-hydroxylation sites is 1. The van der Waals surface area contributed by atoms with Crippen molar-refractivity contribution in [2.45, 2.75) is 52.1 Å². The summed E-state index contributed by atoms with van der Waals surface area (Å²) < 4.78 is 1.83. The molecule has 2 aromatic rings. The van der Waals surface area contributed by atoms with Crippen LogP contribution in [-0.4, -0.2) is 38.0 Å². The third-order valence-corrected chi connectivity index (χ3v) is 4.85. The average Bonchev–Trinajstić information content (AvgIpc) is 3.01. The van der Waals surface area contributed by atoms with Gasteiger partial charge in [-0.1, -0.05) is 31.0 Å². The Kier molecular flexibility index (Phi) is 5.03. The van der Waals surface area contributed by atoms with Gasteiger partial charge in [0.25, 0.3) is 0 Å². The van der Waals surface area contributed by atoms with E-state index in [2.05, 4.69) is 46.8 Å². The Balaban J connectivity index is 1.76. The fraction of sp³-hybridized carbons (Fsp3) is 0.588. The van der Waals surface area contributed by atoms with E-state index in [4.69, 9.17) is 0 Å². The van der Waals surface area contributed by atoms with Gasteiger partial charge in [-0.3, -0.25) is 0 Å². The number of rotatable bonds is 5. The van der Waals surface area contributed by atoms with Crippen LogP contribution in [0.15, 0.2) is 18.2 Å². The Labute approximate surface area is 136 Å². The number of nitrogens with one attached hydrogen (secondary N) is 1. The van der Waals surface area contributed by atoms with Crippen LogP contribution < -0.4 is 5.32 Å². The maximum absolute atomic E-state index is 9.54. The molecule has 0 radical (unpaired) electrons. The Hall–Kier alpha value is -1.79. The van der Waals surface area contributed by atoms with Crippen LogP contribution in [0, 0.1) is 19.8 Å². The standard InChI is InChI=1S/C17H25N5O/c1-12-6-5-7-13(2)17(12)22-16(19-20-21-22)10-18-15-9-4-3-8-14(15)11-23/h5-7,14-15,18,23H,3-4,8-11H2,1-2H3. The lowest BCUT2D eigenvalue weighted by Gasteiger charge is -2.30. The van der Waals surface area contributed by atoms with Crippen molar-refractivity contribution in [2.24, 2.45) is 5.92 Å². The third-order valence-electron chi connectivity index (χ3n) is 4.85. The van der Waals surface area contributed by atoms with Gasteiger partial charge in [0.2, 0.25) is 0 Å². The molecule has 1 aliphatic rings. The summed E-state index contributed by atoms with van der Waals surface area (Å²) in [5.74, 6) is 1.15. The summed E-state index contributed by atoms with van der Waals surface area (Å²) in [5.41, 5.74) is 3.37. The van der Waals surface area contributed by atoms with Crippen LogP contribution in [0.25, 0.3) is 5.69 Å². The van der Waals surface area contributed by atoms with E-state index >= 15 is 0 Å². The fourth-order valence-corrected chi connectivity index (χ4v) is 3.55. The number of aromatic nitrogens is 4. The summed E-state index contributed by atoms with van der Waals surface area (Å²) in [6.07, 6.45) is 4.63. The SMILES string of the molecule is Cc1cccc(C)c1-n1nnnc1CNC1CCCCC1CO. The lowest BCUT2D eigenvalue weighted by Crippen LogP contribution is -2.40. The average molecular weight is 315 g/mol. The topological polar surface area (TPSA) is 75.9 Å². The predicted molar refractivity (Wildman–Crippen MR) is 88.3 cm³/mol. The molecule has 6 nitrogen and oxygen atoms in total. The smallest absolute Gasteiger partial charge is 0.170 e. The molecular formula is C17H25N5O. The van der Waals surface area contributed by atoms with Crippen LogP contribution in [-0.2, 0) is 6.54 Å². The van der Waals surface area contributed by atoms with Crippen LogP contribution in [0.4, 0.5) is 0 Å². The van der Waals surface area contributed by atoms with Gasteiger partial charge in [0.15, 0.2) is 5.82 Å². The molecule has 1 aromatic carbocycles. The third kappa shape index (κ3) is 3.43. The summed E-state index contributed by atoms with van der Waals surface area (Å²) in [6, 6.07) is 6.54. The van der Waals surface area contributed by atoms with Crippen molar-refractivity contribution in [3.8, 4) is 5.69 Å². The Bertz CT molecular complexity index is 634. The molecule has 0 spiro atoms. The Morgan fingerprint density at radius 3 is 2.70 bits per heavy atom. The summed E-state index contributed by atoms with van der Waals surface area (Å²) >= 11 is 0. The second kappa shape index (κ2) is 7.19. The first kappa shape index (κ1) is 16.1. The molecule has 6 heteroatoms.